The van der Waals surface area contributed by atoms with Gasteiger partial charge in [0, 0.05) is 24.4 Å². The maximum absolute atomic E-state index is 11.9. The van der Waals surface area contributed by atoms with Crippen molar-refractivity contribution in [1.29, 1.82) is 0 Å². The highest BCUT2D eigenvalue weighted by Crippen LogP contribution is 2.31. The molecule has 3 amide bonds. The Bertz CT molecular complexity index is 497. The van der Waals surface area contributed by atoms with Crippen molar-refractivity contribution >= 4 is 17.8 Å². The normalized spacial score (nSPS) is 15.2. The number of amides is 3. The molecule has 1 aromatic heterocycles. The van der Waals surface area contributed by atoms with Gasteiger partial charge in [-0.05, 0) is 12.8 Å². The Balaban J connectivity index is 1.98. The quantitative estimate of drug-likeness (QED) is 0.890. The van der Waals surface area contributed by atoms with E-state index >= 15 is 0 Å². The number of hydrogen-bond donors (Lipinski definition) is 1. The zero-order chi connectivity index (χ0) is 14.2. The summed E-state index contributed by atoms with van der Waals surface area (Å²) in [6.45, 7) is 5.96. The van der Waals surface area contributed by atoms with E-state index in [9.17, 15) is 9.59 Å². The molecule has 6 nitrogen and oxygen atoms in total. The maximum atomic E-state index is 11.9. The summed E-state index contributed by atoms with van der Waals surface area (Å²) < 4.78 is 5.16. The highest BCUT2D eigenvalue weighted by atomic mass is 16.5. The molecule has 0 radical (unpaired) electrons. The number of carbonyl (C=O) groups is 2. The number of anilines is 1. The Morgan fingerprint density at radius 1 is 1.42 bits per heavy atom. The fourth-order valence-electron chi connectivity index (χ4n) is 1.59. The Labute approximate surface area is 112 Å². The highest BCUT2D eigenvalue weighted by molar-refractivity contribution is 6.01. The third-order valence-electron chi connectivity index (χ3n) is 3.05. The van der Waals surface area contributed by atoms with Gasteiger partial charge in [0.1, 0.15) is 5.76 Å². The van der Waals surface area contributed by atoms with Crippen molar-refractivity contribution in [1.82, 2.24) is 10.1 Å². The van der Waals surface area contributed by atoms with Crippen LogP contribution in [0.3, 0.4) is 0 Å². The van der Waals surface area contributed by atoms with Gasteiger partial charge in [-0.3, -0.25) is 15.0 Å². The van der Waals surface area contributed by atoms with Crippen LogP contribution in [0.1, 0.15) is 39.4 Å². The van der Waals surface area contributed by atoms with Crippen LogP contribution in [-0.2, 0) is 10.2 Å². The van der Waals surface area contributed by atoms with Crippen LogP contribution < -0.4 is 5.32 Å². The van der Waals surface area contributed by atoms with E-state index in [1.54, 1.807) is 6.07 Å². The molecule has 1 heterocycles. The summed E-state index contributed by atoms with van der Waals surface area (Å²) in [5, 5.41) is 6.34. The second-order valence-electron chi connectivity index (χ2n) is 5.93. The zero-order valence-electron chi connectivity index (χ0n) is 11.7. The van der Waals surface area contributed by atoms with Crippen molar-refractivity contribution in [2.75, 3.05) is 12.4 Å². The van der Waals surface area contributed by atoms with Crippen molar-refractivity contribution in [2.45, 2.75) is 39.0 Å². The second kappa shape index (κ2) is 4.68. The summed E-state index contributed by atoms with van der Waals surface area (Å²) in [5.74, 6) is 0.875. The Morgan fingerprint density at radius 2 is 2.05 bits per heavy atom. The van der Waals surface area contributed by atoms with E-state index in [0.717, 1.165) is 17.7 Å². The molecular weight excluding hydrogens is 246 g/mol. The largest absolute Gasteiger partial charge is 0.359 e. The van der Waals surface area contributed by atoms with Crippen molar-refractivity contribution in [3.63, 3.8) is 0 Å². The van der Waals surface area contributed by atoms with Gasteiger partial charge < -0.3 is 4.52 Å². The minimum atomic E-state index is -0.481. The number of urea groups is 1. The number of nitrogens with zero attached hydrogens (tertiary/aromatic N) is 2. The van der Waals surface area contributed by atoms with E-state index in [0.29, 0.717) is 11.6 Å². The highest BCUT2D eigenvalue weighted by Gasteiger charge is 2.34. The van der Waals surface area contributed by atoms with Gasteiger partial charge in [0.15, 0.2) is 5.82 Å². The molecule has 1 aliphatic carbocycles. The summed E-state index contributed by atoms with van der Waals surface area (Å²) >= 11 is 0. The molecule has 1 fully saturated rings. The number of carbonyl (C=O) groups excluding carboxylic acids is 2. The van der Waals surface area contributed by atoms with Crippen LogP contribution >= 0.6 is 0 Å². The lowest BCUT2D eigenvalue weighted by Gasteiger charge is -2.14. The van der Waals surface area contributed by atoms with E-state index in [4.69, 9.17) is 4.52 Å². The lowest BCUT2D eigenvalue weighted by molar-refractivity contribution is -0.128. The fraction of sp³-hybridized carbons (Fsp3) is 0.615. The third kappa shape index (κ3) is 3.13. The minimum absolute atomic E-state index is 0.0122. The molecule has 1 aromatic rings. The van der Waals surface area contributed by atoms with E-state index in [-0.39, 0.29) is 17.2 Å². The van der Waals surface area contributed by atoms with E-state index in [2.05, 4.69) is 10.5 Å². The third-order valence-corrected chi connectivity index (χ3v) is 3.05. The number of aromatic nitrogens is 1. The van der Waals surface area contributed by atoms with E-state index in [1.807, 2.05) is 20.8 Å². The molecule has 1 saturated carbocycles. The van der Waals surface area contributed by atoms with Gasteiger partial charge in [-0.15, -0.1) is 0 Å². The van der Waals surface area contributed by atoms with Crippen LogP contribution in [0, 0.1) is 5.92 Å². The molecule has 0 aromatic carbocycles. The van der Waals surface area contributed by atoms with Crippen LogP contribution in [-0.4, -0.2) is 29.0 Å². The van der Waals surface area contributed by atoms with Gasteiger partial charge in [0.25, 0.3) is 0 Å². The molecule has 0 aliphatic heterocycles. The zero-order valence-corrected chi connectivity index (χ0v) is 11.7. The predicted octanol–water partition coefficient (Wildman–Crippen LogP) is 2.37. The molecule has 104 valence electrons. The van der Waals surface area contributed by atoms with Gasteiger partial charge in [0.05, 0.1) is 0 Å². The number of rotatable bonds is 2. The first-order chi connectivity index (χ1) is 8.79. The lowest BCUT2D eigenvalue weighted by Crippen LogP contribution is -2.37. The molecule has 0 spiro atoms. The van der Waals surface area contributed by atoms with Gasteiger partial charge in [-0.25, -0.2) is 4.79 Å². The number of hydrogen-bond acceptors (Lipinski definition) is 4. The summed E-state index contributed by atoms with van der Waals surface area (Å²) in [6, 6.07) is 1.19. The molecule has 0 bridgehead atoms. The monoisotopic (exact) mass is 265 g/mol. The maximum Gasteiger partial charge on any atom is 0.329 e. The van der Waals surface area contributed by atoms with Gasteiger partial charge in [-0.2, -0.15) is 0 Å². The van der Waals surface area contributed by atoms with Crippen molar-refractivity contribution in [3.8, 4) is 0 Å². The smallest absolute Gasteiger partial charge is 0.329 e. The summed E-state index contributed by atoms with van der Waals surface area (Å²) in [4.78, 5) is 24.7. The number of nitrogens with one attached hydrogen (secondary N) is 1. The summed E-state index contributed by atoms with van der Waals surface area (Å²) in [5.41, 5.74) is -0.175. The summed E-state index contributed by atoms with van der Waals surface area (Å²) in [7, 11) is 1.47. The summed E-state index contributed by atoms with van der Waals surface area (Å²) in [6.07, 6.45) is 1.74. The SMILES string of the molecule is CN(C(=O)Nc1cc(C(C)(C)C)on1)C(=O)C1CC1. The average molecular weight is 265 g/mol. The van der Waals surface area contributed by atoms with Gasteiger partial charge in [-0.1, -0.05) is 25.9 Å². The first kappa shape index (κ1) is 13.6. The fourth-order valence-corrected chi connectivity index (χ4v) is 1.59. The molecule has 0 atom stereocenters. The van der Waals surface area contributed by atoms with E-state index < -0.39 is 6.03 Å². The Morgan fingerprint density at radius 3 is 2.53 bits per heavy atom. The molecule has 1 N–H and O–H groups in total. The van der Waals surface area contributed by atoms with Crippen molar-refractivity contribution in [3.05, 3.63) is 11.8 Å². The molecule has 6 heteroatoms. The average Bonchev–Trinajstić information content (AvgIpc) is 3.06. The number of imide groups is 1. The van der Waals surface area contributed by atoms with Crippen LogP contribution in [0.4, 0.5) is 10.6 Å². The predicted molar refractivity (Wildman–Crippen MR) is 69.7 cm³/mol. The standard InChI is InChI=1S/C13H19N3O3/c1-13(2,3)9-7-10(15-19-9)14-12(18)16(4)11(17)8-5-6-8/h7-8H,5-6H2,1-4H3,(H,14,15,18). The first-order valence-corrected chi connectivity index (χ1v) is 6.35. The van der Waals surface area contributed by atoms with Crippen molar-refractivity contribution in [2.24, 2.45) is 5.92 Å². The van der Waals surface area contributed by atoms with Crippen LogP contribution in [0.25, 0.3) is 0 Å². The Kier molecular flexibility index (Phi) is 3.34. The Hall–Kier alpha value is -1.85. The van der Waals surface area contributed by atoms with E-state index in [1.165, 1.54) is 7.05 Å². The lowest BCUT2D eigenvalue weighted by atomic mass is 9.93. The van der Waals surface area contributed by atoms with Crippen LogP contribution in [0.5, 0.6) is 0 Å². The molecular formula is C13H19N3O3. The molecule has 19 heavy (non-hydrogen) atoms. The second-order valence-corrected chi connectivity index (χ2v) is 5.93. The molecule has 2 rings (SSSR count). The van der Waals surface area contributed by atoms with Crippen LogP contribution in [0.2, 0.25) is 0 Å². The van der Waals surface area contributed by atoms with Crippen molar-refractivity contribution < 1.29 is 14.1 Å². The molecule has 1 aliphatic rings. The molecule has 0 unspecified atom stereocenters. The minimum Gasteiger partial charge on any atom is -0.359 e. The molecule has 0 saturated heterocycles. The van der Waals surface area contributed by atoms with Gasteiger partial charge in [0.2, 0.25) is 5.91 Å². The first-order valence-electron chi connectivity index (χ1n) is 6.35. The topological polar surface area (TPSA) is 75.4 Å². The van der Waals surface area contributed by atoms with Crippen LogP contribution in [0.15, 0.2) is 10.6 Å². The van der Waals surface area contributed by atoms with Gasteiger partial charge >= 0.3 is 6.03 Å².